The van der Waals surface area contributed by atoms with Gasteiger partial charge in [-0.15, -0.1) is 24.0 Å². The molecule has 0 spiro atoms. The Bertz CT molecular complexity index is 1020. The van der Waals surface area contributed by atoms with Crippen molar-refractivity contribution >= 4 is 41.5 Å². The van der Waals surface area contributed by atoms with Crippen LogP contribution in [0, 0.1) is 0 Å². The number of nitrogens with zero attached hydrogens (tertiary/aromatic N) is 6. The fourth-order valence-corrected chi connectivity index (χ4v) is 3.31. The van der Waals surface area contributed by atoms with Gasteiger partial charge in [0.25, 0.3) is 0 Å². The number of guanidine groups is 1. The summed E-state index contributed by atoms with van der Waals surface area (Å²) >= 11 is 0. The second kappa shape index (κ2) is 9.74. The minimum atomic E-state index is 0. The van der Waals surface area contributed by atoms with Gasteiger partial charge in [-0.25, -0.2) is 0 Å². The van der Waals surface area contributed by atoms with E-state index in [4.69, 9.17) is 4.52 Å². The average Bonchev–Trinajstić information content (AvgIpc) is 3.38. The van der Waals surface area contributed by atoms with Crippen LogP contribution in [0.4, 0.5) is 5.69 Å². The highest BCUT2D eigenvalue weighted by Gasteiger charge is 2.27. The number of benzene rings is 1. The first-order valence-electron chi connectivity index (χ1n) is 9.39. The van der Waals surface area contributed by atoms with Gasteiger partial charge in [0, 0.05) is 45.0 Å². The van der Waals surface area contributed by atoms with Gasteiger partial charge in [-0.2, -0.15) is 5.10 Å². The van der Waals surface area contributed by atoms with E-state index in [0.717, 1.165) is 16.9 Å². The molecule has 1 fully saturated rings. The van der Waals surface area contributed by atoms with Gasteiger partial charge >= 0.3 is 0 Å². The number of nitrogens with one attached hydrogen (secondary N) is 1. The molecule has 0 radical (unpaired) electrons. The maximum absolute atomic E-state index is 12.6. The summed E-state index contributed by atoms with van der Waals surface area (Å²) in [6.45, 7) is 1.93. The lowest BCUT2D eigenvalue weighted by Crippen LogP contribution is -2.55. The summed E-state index contributed by atoms with van der Waals surface area (Å²) in [5.74, 6) is 1.37. The van der Waals surface area contributed by atoms with Gasteiger partial charge in [0.1, 0.15) is 12.2 Å². The first-order valence-corrected chi connectivity index (χ1v) is 9.39. The van der Waals surface area contributed by atoms with Crippen molar-refractivity contribution in [1.82, 2.24) is 25.2 Å². The summed E-state index contributed by atoms with van der Waals surface area (Å²) in [7, 11) is 3.54. The molecular weight excluding hydrogens is 497 g/mol. The maximum Gasteiger partial charge on any atom is 0.246 e. The van der Waals surface area contributed by atoms with E-state index in [0.29, 0.717) is 31.4 Å². The highest BCUT2D eigenvalue weighted by molar-refractivity contribution is 14.0. The minimum absolute atomic E-state index is 0. The zero-order valence-corrected chi connectivity index (χ0v) is 19.2. The molecule has 1 aliphatic heterocycles. The number of amides is 1. The Morgan fingerprint density at radius 1 is 1.27 bits per heavy atom. The second-order valence-corrected chi connectivity index (χ2v) is 6.78. The highest BCUT2D eigenvalue weighted by Crippen LogP contribution is 2.19. The fraction of sp³-hybridized carbons (Fsp3) is 0.300. The maximum atomic E-state index is 12.6. The van der Waals surface area contributed by atoms with Crippen LogP contribution in [0.15, 0.2) is 58.3 Å². The van der Waals surface area contributed by atoms with Gasteiger partial charge in [0.2, 0.25) is 5.91 Å². The Balaban J connectivity index is 0.00000256. The predicted molar refractivity (Wildman–Crippen MR) is 125 cm³/mol. The number of piperazine rings is 1. The van der Waals surface area contributed by atoms with Gasteiger partial charge in [0.05, 0.1) is 18.4 Å². The third-order valence-electron chi connectivity index (χ3n) is 4.78. The molecule has 3 heterocycles. The third-order valence-corrected chi connectivity index (χ3v) is 4.78. The van der Waals surface area contributed by atoms with Crippen LogP contribution in [-0.4, -0.2) is 58.4 Å². The Morgan fingerprint density at radius 3 is 2.73 bits per heavy atom. The van der Waals surface area contributed by atoms with Crippen molar-refractivity contribution in [2.75, 3.05) is 31.6 Å². The molecule has 0 bridgehead atoms. The van der Waals surface area contributed by atoms with Crippen LogP contribution in [0.2, 0.25) is 0 Å². The quantitative estimate of drug-likeness (QED) is 0.322. The van der Waals surface area contributed by atoms with E-state index in [1.807, 2.05) is 54.5 Å². The van der Waals surface area contributed by atoms with E-state index in [1.165, 1.54) is 0 Å². The lowest BCUT2D eigenvalue weighted by Gasteiger charge is -2.35. The summed E-state index contributed by atoms with van der Waals surface area (Å²) < 4.78 is 7.12. The monoisotopic (exact) mass is 521 g/mol. The third kappa shape index (κ3) is 4.81. The molecule has 4 rings (SSSR count). The van der Waals surface area contributed by atoms with Gasteiger partial charge < -0.3 is 19.6 Å². The van der Waals surface area contributed by atoms with Crippen LogP contribution in [0.3, 0.4) is 0 Å². The van der Waals surface area contributed by atoms with E-state index in [9.17, 15) is 4.79 Å². The lowest BCUT2D eigenvalue weighted by atomic mass is 10.1. The molecule has 1 amide bonds. The Hall–Kier alpha value is -2.89. The van der Waals surface area contributed by atoms with Crippen molar-refractivity contribution in [3.63, 3.8) is 0 Å². The Kier molecular flexibility index (Phi) is 7.08. The number of aliphatic imine (C=N–C) groups is 1. The van der Waals surface area contributed by atoms with E-state index >= 15 is 0 Å². The van der Waals surface area contributed by atoms with E-state index < -0.39 is 0 Å². The van der Waals surface area contributed by atoms with Crippen LogP contribution in [0.25, 0.3) is 11.3 Å². The molecule has 0 atom stereocenters. The molecule has 0 saturated carbocycles. The number of hydrogen-bond acceptors (Lipinski definition) is 5. The number of halogens is 1. The number of rotatable bonds is 4. The van der Waals surface area contributed by atoms with E-state index in [2.05, 4.69) is 20.6 Å². The molecule has 158 valence electrons. The van der Waals surface area contributed by atoms with Crippen LogP contribution < -0.4 is 10.2 Å². The van der Waals surface area contributed by atoms with Crippen molar-refractivity contribution in [3.8, 4) is 11.3 Å². The fourth-order valence-electron chi connectivity index (χ4n) is 3.31. The van der Waals surface area contributed by atoms with Crippen molar-refractivity contribution in [1.29, 1.82) is 0 Å². The van der Waals surface area contributed by atoms with Crippen molar-refractivity contribution < 1.29 is 9.32 Å². The van der Waals surface area contributed by atoms with Crippen molar-refractivity contribution in [3.05, 3.63) is 54.6 Å². The molecular formula is C20H24IN7O2. The zero-order chi connectivity index (χ0) is 20.2. The number of anilines is 1. The molecule has 9 nitrogen and oxygen atoms in total. The van der Waals surface area contributed by atoms with Gasteiger partial charge in [0.15, 0.2) is 11.7 Å². The Labute approximate surface area is 191 Å². The van der Waals surface area contributed by atoms with Crippen LogP contribution in [0.1, 0.15) is 5.76 Å². The van der Waals surface area contributed by atoms with Crippen LogP contribution in [-0.2, 0) is 18.4 Å². The Morgan fingerprint density at radius 2 is 2.07 bits per heavy atom. The number of hydrogen-bond donors (Lipinski definition) is 1. The molecule has 0 aliphatic carbocycles. The number of aromatic nitrogens is 3. The number of carbonyl (C=O) groups is 1. The zero-order valence-electron chi connectivity index (χ0n) is 16.9. The predicted octanol–water partition coefficient (Wildman–Crippen LogP) is 2.12. The normalized spacial score (nSPS) is 14.6. The first kappa shape index (κ1) is 21.8. The molecule has 2 aromatic heterocycles. The molecule has 10 heteroatoms. The minimum Gasteiger partial charge on any atom is -0.359 e. The number of carbonyl (C=O) groups excluding carboxylic acids is 1. The molecule has 1 aliphatic rings. The van der Waals surface area contributed by atoms with Gasteiger partial charge in [-0.05, 0) is 0 Å². The molecule has 1 N–H and O–H groups in total. The molecule has 1 saturated heterocycles. The summed E-state index contributed by atoms with van der Waals surface area (Å²) in [6.07, 6.45) is 3.55. The SMILES string of the molecule is CN=C(NCc1cc(-c2ccccc2)no1)N1CCN(c2cnn(C)c2)C(=O)C1.I. The lowest BCUT2D eigenvalue weighted by molar-refractivity contribution is -0.120. The number of aryl methyl sites for hydroxylation is 1. The molecule has 3 aromatic rings. The molecule has 1 aromatic carbocycles. The van der Waals surface area contributed by atoms with Crippen LogP contribution >= 0.6 is 24.0 Å². The standard InChI is InChI=1S/C20H23N7O2.HI/c1-21-20(22-12-17-10-18(24-29-17)15-6-4-3-5-7-15)26-8-9-27(19(28)14-26)16-11-23-25(2)13-16;/h3-7,10-11,13H,8-9,12,14H2,1-2H3,(H,21,22);1H. The average molecular weight is 521 g/mol. The molecule has 0 unspecified atom stereocenters. The van der Waals surface area contributed by atoms with Crippen molar-refractivity contribution in [2.24, 2.45) is 12.0 Å². The van der Waals surface area contributed by atoms with E-state index in [1.54, 1.807) is 22.8 Å². The van der Waals surface area contributed by atoms with Gasteiger partial charge in [-0.1, -0.05) is 35.5 Å². The van der Waals surface area contributed by atoms with Crippen molar-refractivity contribution in [2.45, 2.75) is 6.54 Å². The summed E-state index contributed by atoms with van der Waals surface area (Å²) in [5.41, 5.74) is 2.61. The van der Waals surface area contributed by atoms with Crippen LogP contribution in [0.5, 0.6) is 0 Å². The second-order valence-electron chi connectivity index (χ2n) is 6.78. The molecule has 30 heavy (non-hydrogen) atoms. The summed E-state index contributed by atoms with van der Waals surface area (Å²) in [4.78, 5) is 20.6. The largest absolute Gasteiger partial charge is 0.359 e. The first-order chi connectivity index (χ1) is 14.1. The van der Waals surface area contributed by atoms with Gasteiger partial charge in [-0.3, -0.25) is 14.5 Å². The summed E-state index contributed by atoms with van der Waals surface area (Å²) in [6, 6.07) is 11.8. The van der Waals surface area contributed by atoms with E-state index in [-0.39, 0.29) is 36.4 Å². The topological polar surface area (TPSA) is 91.8 Å². The highest BCUT2D eigenvalue weighted by atomic mass is 127. The summed E-state index contributed by atoms with van der Waals surface area (Å²) in [5, 5.41) is 11.5. The smallest absolute Gasteiger partial charge is 0.246 e.